The maximum absolute atomic E-state index is 12.5. The molecule has 3 rings (SSSR count). The number of carbonyl (C=O) groups excluding carboxylic acids is 1. The number of methoxy groups -OCH3 is 1. The molecule has 1 unspecified atom stereocenters. The van der Waals surface area contributed by atoms with E-state index in [-0.39, 0.29) is 5.91 Å². The van der Waals surface area contributed by atoms with Gasteiger partial charge in [-0.3, -0.25) is 14.3 Å². The van der Waals surface area contributed by atoms with Crippen LogP contribution in [0.15, 0.2) is 63.9 Å². The number of carbonyl (C=O) groups is 1. The minimum Gasteiger partial charge on any atom is -0.367 e. The summed E-state index contributed by atoms with van der Waals surface area (Å²) in [6.07, 6.45) is -0.721. The smallest absolute Gasteiger partial charge is 0.367 e. The first-order valence-electron chi connectivity index (χ1n) is 7.22. The zero-order chi connectivity index (χ0) is 16.9. The lowest BCUT2D eigenvalue weighted by Crippen LogP contribution is -2.22. The van der Waals surface area contributed by atoms with Crippen molar-refractivity contribution in [2.45, 2.75) is 6.10 Å². The number of ether oxygens (including phenoxy) is 1. The summed E-state index contributed by atoms with van der Waals surface area (Å²) >= 11 is 0. The van der Waals surface area contributed by atoms with Crippen molar-refractivity contribution in [1.82, 2.24) is 10.1 Å². The number of rotatable bonds is 5. The van der Waals surface area contributed by atoms with Crippen LogP contribution in [0.4, 0.5) is 5.69 Å². The third-order valence-corrected chi connectivity index (χ3v) is 3.42. The van der Waals surface area contributed by atoms with Gasteiger partial charge in [-0.1, -0.05) is 47.6 Å². The maximum atomic E-state index is 12.5. The Labute approximate surface area is 137 Å². The minimum absolute atomic E-state index is 0.294. The second-order valence-electron chi connectivity index (χ2n) is 5.04. The third kappa shape index (κ3) is 3.41. The van der Waals surface area contributed by atoms with Crippen LogP contribution in [-0.4, -0.2) is 23.2 Å². The Bertz CT molecular complexity index is 886. The van der Waals surface area contributed by atoms with Crippen molar-refractivity contribution < 1.29 is 14.1 Å². The fraction of sp³-hybridized carbons (Fsp3) is 0.118. The molecule has 1 aromatic heterocycles. The molecular formula is C17H15N3O4. The summed E-state index contributed by atoms with van der Waals surface area (Å²) in [5.41, 5.74) is 1.93. The van der Waals surface area contributed by atoms with Crippen LogP contribution < -0.4 is 11.1 Å². The van der Waals surface area contributed by atoms with E-state index >= 15 is 0 Å². The average molecular weight is 325 g/mol. The van der Waals surface area contributed by atoms with Gasteiger partial charge in [0.15, 0.2) is 11.9 Å². The van der Waals surface area contributed by atoms with Gasteiger partial charge in [-0.05, 0) is 17.7 Å². The van der Waals surface area contributed by atoms with E-state index in [1.165, 1.54) is 7.11 Å². The molecule has 0 spiro atoms. The Morgan fingerprint density at radius 2 is 2.00 bits per heavy atom. The van der Waals surface area contributed by atoms with Gasteiger partial charge in [-0.2, -0.15) is 0 Å². The average Bonchev–Trinajstić information content (AvgIpc) is 3.03. The van der Waals surface area contributed by atoms with Crippen LogP contribution in [0.5, 0.6) is 0 Å². The number of hydrogen-bond acceptors (Lipinski definition) is 5. The normalized spacial score (nSPS) is 11.9. The number of hydrogen-bond donors (Lipinski definition) is 2. The van der Waals surface area contributed by atoms with Gasteiger partial charge in [0.25, 0.3) is 5.91 Å². The Kier molecular flexibility index (Phi) is 4.53. The molecule has 3 aromatic rings. The predicted octanol–water partition coefficient (Wildman–Crippen LogP) is 2.36. The van der Waals surface area contributed by atoms with Gasteiger partial charge in [0.2, 0.25) is 0 Å². The number of benzene rings is 2. The molecular weight excluding hydrogens is 310 g/mol. The molecule has 24 heavy (non-hydrogen) atoms. The highest BCUT2D eigenvalue weighted by Crippen LogP contribution is 2.22. The molecule has 2 aromatic carbocycles. The van der Waals surface area contributed by atoms with Gasteiger partial charge in [-0.25, -0.2) is 4.79 Å². The quantitative estimate of drug-likeness (QED) is 0.750. The van der Waals surface area contributed by atoms with Crippen molar-refractivity contribution in [3.05, 3.63) is 70.7 Å². The lowest BCUT2D eigenvalue weighted by Gasteiger charge is -2.15. The largest absolute Gasteiger partial charge is 0.439 e. The predicted molar refractivity (Wildman–Crippen MR) is 87.4 cm³/mol. The fourth-order valence-electron chi connectivity index (χ4n) is 2.33. The standard InChI is InChI=1S/C17H15N3O4/c1-23-14(11-6-3-2-4-7-11)16(21)18-13-9-5-8-12(10-13)15-19-17(22)24-20-15/h2-10,14H,1H3,(H,18,21)(H,19,20,22). The Balaban J connectivity index is 1.80. The maximum Gasteiger partial charge on any atom is 0.439 e. The molecule has 2 N–H and O–H groups in total. The van der Waals surface area contributed by atoms with E-state index in [0.717, 1.165) is 5.56 Å². The van der Waals surface area contributed by atoms with Crippen LogP contribution in [-0.2, 0) is 9.53 Å². The monoisotopic (exact) mass is 325 g/mol. The number of aromatic amines is 1. The number of H-pyrrole nitrogens is 1. The van der Waals surface area contributed by atoms with Crippen LogP contribution in [0.25, 0.3) is 11.4 Å². The zero-order valence-electron chi connectivity index (χ0n) is 12.9. The van der Waals surface area contributed by atoms with E-state index in [0.29, 0.717) is 17.1 Å². The van der Waals surface area contributed by atoms with Crippen molar-refractivity contribution in [2.75, 3.05) is 12.4 Å². The summed E-state index contributed by atoms with van der Waals surface area (Å²) in [5.74, 6) is -0.639. The van der Waals surface area contributed by atoms with E-state index in [1.807, 2.05) is 30.3 Å². The topological polar surface area (TPSA) is 97.2 Å². The van der Waals surface area contributed by atoms with Gasteiger partial charge in [-0.15, -0.1) is 0 Å². The van der Waals surface area contributed by atoms with Crippen LogP contribution in [0, 0.1) is 0 Å². The van der Waals surface area contributed by atoms with E-state index in [9.17, 15) is 9.59 Å². The highest BCUT2D eigenvalue weighted by atomic mass is 16.5. The number of aromatic nitrogens is 2. The molecule has 0 saturated heterocycles. The van der Waals surface area contributed by atoms with Gasteiger partial charge in [0, 0.05) is 18.4 Å². The van der Waals surface area contributed by atoms with Crippen molar-refractivity contribution in [1.29, 1.82) is 0 Å². The lowest BCUT2D eigenvalue weighted by molar-refractivity contribution is -0.126. The Morgan fingerprint density at radius 1 is 1.21 bits per heavy atom. The van der Waals surface area contributed by atoms with E-state index in [2.05, 4.69) is 20.0 Å². The summed E-state index contributed by atoms with van der Waals surface area (Å²) in [7, 11) is 1.48. The van der Waals surface area contributed by atoms with Crippen molar-refractivity contribution in [3.8, 4) is 11.4 Å². The molecule has 0 saturated carbocycles. The minimum atomic E-state index is -0.721. The number of amides is 1. The summed E-state index contributed by atoms with van der Waals surface area (Å²) < 4.78 is 9.79. The van der Waals surface area contributed by atoms with Gasteiger partial charge >= 0.3 is 5.76 Å². The number of nitrogens with zero attached hydrogens (tertiary/aromatic N) is 1. The van der Waals surface area contributed by atoms with E-state index < -0.39 is 11.9 Å². The molecule has 0 bridgehead atoms. The molecule has 0 aliphatic carbocycles. The summed E-state index contributed by atoms with van der Waals surface area (Å²) in [6, 6.07) is 16.1. The molecule has 122 valence electrons. The number of nitrogens with one attached hydrogen (secondary N) is 2. The first-order chi connectivity index (χ1) is 11.7. The summed E-state index contributed by atoms with van der Waals surface area (Å²) in [5, 5.41) is 6.42. The van der Waals surface area contributed by atoms with Gasteiger partial charge < -0.3 is 10.1 Å². The first kappa shape index (κ1) is 15.7. The second-order valence-corrected chi connectivity index (χ2v) is 5.04. The molecule has 1 heterocycles. The fourth-order valence-corrected chi connectivity index (χ4v) is 2.33. The summed E-state index contributed by atoms with van der Waals surface area (Å²) in [4.78, 5) is 26.0. The molecule has 0 fully saturated rings. The van der Waals surface area contributed by atoms with Crippen LogP contribution in [0.1, 0.15) is 11.7 Å². The molecule has 7 heteroatoms. The van der Waals surface area contributed by atoms with Crippen LogP contribution in [0.3, 0.4) is 0 Å². The van der Waals surface area contributed by atoms with Crippen LogP contribution in [0.2, 0.25) is 0 Å². The molecule has 0 radical (unpaired) electrons. The SMILES string of the molecule is COC(C(=O)Nc1cccc(-c2noc(=O)[nH]2)c1)c1ccccc1. The second kappa shape index (κ2) is 6.93. The zero-order valence-corrected chi connectivity index (χ0v) is 12.9. The third-order valence-electron chi connectivity index (χ3n) is 3.42. The van der Waals surface area contributed by atoms with E-state index in [4.69, 9.17) is 4.74 Å². The lowest BCUT2D eigenvalue weighted by atomic mass is 10.1. The molecule has 0 aliphatic rings. The first-order valence-corrected chi connectivity index (χ1v) is 7.22. The summed E-state index contributed by atoms with van der Waals surface area (Å²) in [6.45, 7) is 0. The van der Waals surface area contributed by atoms with Crippen LogP contribution >= 0.6 is 0 Å². The van der Waals surface area contributed by atoms with Crippen molar-refractivity contribution >= 4 is 11.6 Å². The van der Waals surface area contributed by atoms with Crippen molar-refractivity contribution in [3.63, 3.8) is 0 Å². The molecule has 0 aliphatic heterocycles. The molecule has 7 nitrogen and oxygen atoms in total. The highest BCUT2D eigenvalue weighted by Gasteiger charge is 2.20. The Hall–Kier alpha value is -3.19. The van der Waals surface area contributed by atoms with E-state index in [1.54, 1.807) is 24.3 Å². The number of anilines is 1. The van der Waals surface area contributed by atoms with Gasteiger partial charge in [0.1, 0.15) is 0 Å². The Morgan fingerprint density at radius 3 is 2.67 bits per heavy atom. The molecule has 1 atom stereocenters. The molecule has 1 amide bonds. The van der Waals surface area contributed by atoms with Gasteiger partial charge in [0.05, 0.1) is 0 Å². The highest BCUT2D eigenvalue weighted by molar-refractivity contribution is 5.95. The van der Waals surface area contributed by atoms with Crippen molar-refractivity contribution in [2.24, 2.45) is 0 Å².